The van der Waals surface area contributed by atoms with Crippen LogP contribution in [0.3, 0.4) is 0 Å². The van der Waals surface area contributed by atoms with Gasteiger partial charge in [-0.25, -0.2) is 4.39 Å². The summed E-state index contributed by atoms with van der Waals surface area (Å²) in [6.45, 7) is 2.02. The molecule has 3 heteroatoms. The molecule has 1 fully saturated rings. The van der Waals surface area contributed by atoms with Crippen molar-refractivity contribution in [2.24, 2.45) is 5.92 Å². The first-order chi connectivity index (χ1) is 9.17. The average molecular weight is 262 g/mol. The third-order valence-corrected chi connectivity index (χ3v) is 3.45. The Morgan fingerprint density at radius 3 is 2.68 bits per heavy atom. The first-order valence-corrected chi connectivity index (χ1v) is 6.74. The monoisotopic (exact) mass is 262 g/mol. The van der Waals surface area contributed by atoms with Crippen molar-refractivity contribution >= 4 is 0 Å². The maximum Gasteiger partial charge on any atom is 0.128 e. The summed E-state index contributed by atoms with van der Waals surface area (Å²) in [4.78, 5) is 0. The summed E-state index contributed by atoms with van der Waals surface area (Å²) < 4.78 is 19.3. The van der Waals surface area contributed by atoms with Gasteiger partial charge < -0.3 is 9.84 Å². The van der Waals surface area contributed by atoms with E-state index in [9.17, 15) is 4.39 Å². The zero-order chi connectivity index (χ0) is 13.7. The molecule has 1 aromatic rings. The lowest BCUT2D eigenvalue weighted by Crippen LogP contribution is -2.23. The molecule has 19 heavy (non-hydrogen) atoms. The molecule has 0 spiro atoms. The number of rotatable bonds is 2. The molecule has 0 aromatic heterocycles. The molecule has 0 radical (unpaired) electrons. The standard InChI is InChI=1S/C16H19FO2/c1-12-4-6-15(7-5-12)19-16-10-13(3-2-8-18)9-14(17)11-16/h9-12,15,18H,4-8H2,1H3. The van der Waals surface area contributed by atoms with Gasteiger partial charge >= 0.3 is 0 Å². The SMILES string of the molecule is CC1CCC(Oc2cc(F)cc(C#CCO)c2)CC1. The van der Waals surface area contributed by atoms with Gasteiger partial charge in [-0.1, -0.05) is 18.8 Å². The van der Waals surface area contributed by atoms with Gasteiger partial charge in [-0.2, -0.15) is 0 Å². The number of hydrogen-bond acceptors (Lipinski definition) is 2. The summed E-state index contributed by atoms with van der Waals surface area (Å²) in [5, 5.41) is 8.65. The highest BCUT2D eigenvalue weighted by atomic mass is 19.1. The highest BCUT2D eigenvalue weighted by Crippen LogP contribution is 2.27. The molecule has 0 bridgehead atoms. The lowest BCUT2D eigenvalue weighted by atomic mass is 9.89. The topological polar surface area (TPSA) is 29.5 Å². The summed E-state index contributed by atoms with van der Waals surface area (Å²) >= 11 is 0. The third-order valence-electron chi connectivity index (χ3n) is 3.45. The summed E-state index contributed by atoms with van der Waals surface area (Å²) in [6.07, 6.45) is 4.55. The summed E-state index contributed by atoms with van der Waals surface area (Å²) in [7, 11) is 0. The fourth-order valence-corrected chi connectivity index (χ4v) is 2.38. The predicted molar refractivity (Wildman–Crippen MR) is 72.4 cm³/mol. The molecule has 2 nitrogen and oxygen atoms in total. The van der Waals surface area contributed by atoms with Crippen molar-refractivity contribution in [1.82, 2.24) is 0 Å². The molecular formula is C16H19FO2. The van der Waals surface area contributed by atoms with Crippen molar-refractivity contribution in [3.63, 3.8) is 0 Å². The van der Waals surface area contributed by atoms with Gasteiger partial charge in [-0.15, -0.1) is 0 Å². The molecule has 0 saturated heterocycles. The Bertz CT molecular complexity index is 479. The van der Waals surface area contributed by atoms with Crippen molar-refractivity contribution in [1.29, 1.82) is 0 Å². The van der Waals surface area contributed by atoms with Crippen LogP contribution in [0.5, 0.6) is 5.75 Å². The van der Waals surface area contributed by atoms with Crippen LogP contribution in [0.2, 0.25) is 0 Å². The van der Waals surface area contributed by atoms with Crippen molar-refractivity contribution in [2.45, 2.75) is 38.7 Å². The largest absolute Gasteiger partial charge is 0.490 e. The second-order valence-corrected chi connectivity index (χ2v) is 5.14. The molecule has 1 aliphatic rings. The van der Waals surface area contributed by atoms with Crippen LogP contribution < -0.4 is 4.74 Å². The molecular weight excluding hydrogens is 243 g/mol. The van der Waals surface area contributed by atoms with Crippen LogP contribution in [-0.2, 0) is 0 Å². The third kappa shape index (κ3) is 4.25. The van der Waals surface area contributed by atoms with Crippen LogP contribution in [0.1, 0.15) is 38.2 Å². The zero-order valence-corrected chi connectivity index (χ0v) is 11.2. The molecule has 0 aliphatic heterocycles. The van der Waals surface area contributed by atoms with Crippen LogP contribution >= 0.6 is 0 Å². The fourth-order valence-electron chi connectivity index (χ4n) is 2.38. The Labute approximate surface area is 113 Å². The number of aliphatic hydroxyl groups excluding tert-OH is 1. The van der Waals surface area contributed by atoms with Crippen LogP contribution in [0.15, 0.2) is 18.2 Å². The van der Waals surface area contributed by atoms with Crippen molar-refractivity contribution in [3.8, 4) is 17.6 Å². The molecule has 0 heterocycles. The van der Waals surface area contributed by atoms with Gasteiger partial charge in [0.05, 0.1) is 6.10 Å². The van der Waals surface area contributed by atoms with E-state index in [0.717, 1.165) is 31.6 Å². The summed E-state index contributed by atoms with van der Waals surface area (Å²) in [6, 6.07) is 4.46. The van der Waals surface area contributed by atoms with Gasteiger partial charge in [0, 0.05) is 11.6 Å². The highest BCUT2D eigenvalue weighted by Gasteiger charge is 2.19. The Kier molecular flexibility index (Phi) is 4.81. The minimum Gasteiger partial charge on any atom is -0.490 e. The van der Waals surface area contributed by atoms with Gasteiger partial charge in [-0.05, 0) is 43.7 Å². The van der Waals surface area contributed by atoms with Crippen molar-refractivity contribution < 1.29 is 14.2 Å². The van der Waals surface area contributed by atoms with E-state index in [1.165, 1.54) is 12.1 Å². The molecule has 0 atom stereocenters. The smallest absolute Gasteiger partial charge is 0.128 e. The van der Waals surface area contributed by atoms with E-state index in [1.54, 1.807) is 6.07 Å². The zero-order valence-electron chi connectivity index (χ0n) is 11.2. The van der Waals surface area contributed by atoms with E-state index < -0.39 is 0 Å². The Hall–Kier alpha value is -1.53. The van der Waals surface area contributed by atoms with E-state index in [2.05, 4.69) is 18.8 Å². The number of halogens is 1. The first-order valence-electron chi connectivity index (χ1n) is 6.74. The number of benzene rings is 1. The van der Waals surface area contributed by atoms with Gasteiger partial charge in [0.1, 0.15) is 18.2 Å². The van der Waals surface area contributed by atoms with Crippen molar-refractivity contribution in [2.75, 3.05) is 6.61 Å². The lowest BCUT2D eigenvalue weighted by Gasteiger charge is -2.26. The predicted octanol–water partition coefficient (Wildman–Crippen LogP) is 3.13. The maximum absolute atomic E-state index is 13.5. The molecule has 102 valence electrons. The van der Waals surface area contributed by atoms with Gasteiger partial charge in [0.15, 0.2) is 0 Å². The molecule has 1 aromatic carbocycles. The van der Waals surface area contributed by atoms with Crippen LogP contribution in [0.4, 0.5) is 4.39 Å². The summed E-state index contributed by atoms with van der Waals surface area (Å²) in [5.74, 6) is 6.15. The second-order valence-electron chi connectivity index (χ2n) is 5.14. The average Bonchev–Trinajstić information content (AvgIpc) is 2.38. The minimum atomic E-state index is -0.357. The van der Waals surface area contributed by atoms with Crippen molar-refractivity contribution in [3.05, 3.63) is 29.6 Å². The quantitative estimate of drug-likeness (QED) is 0.830. The number of ether oxygens (including phenoxy) is 1. The molecule has 1 aliphatic carbocycles. The Balaban J connectivity index is 2.05. The molecule has 0 unspecified atom stereocenters. The summed E-state index contributed by atoms with van der Waals surface area (Å²) in [5.41, 5.74) is 0.535. The van der Waals surface area contributed by atoms with E-state index in [0.29, 0.717) is 11.3 Å². The maximum atomic E-state index is 13.5. The number of hydrogen-bond donors (Lipinski definition) is 1. The fraction of sp³-hybridized carbons (Fsp3) is 0.500. The van der Waals surface area contributed by atoms with Gasteiger partial charge in [-0.3, -0.25) is 0 Å². The van der Waals surface area contributed by atoms with E-state index in [-0.39, 0.29) is 18.5 Å². The van der Waals surface area contributed by atoms with E-state index in [1.807, 2.05) is 0 Å². The van der Waals surface area contributed by atoms with Crippen LogP contribution in [-0.4, -0.2) is 17.8 Å². The second kappa shape index (κ2) is 6.58. The van der Waals surface area contributed by atoms with E-state index in [4.69, 9.17) is 9.84 Å². The lowest BCUT2D eigenvalue weighted by molar-refractivity contribution is 0.135. The van der Waals surface area contributed by atoms with Crippen LogP contribution in [0.25, 0.3) is 0 Å². The normalized spacial score (nSPS) is 22.5. The first kappa shape index (κ1) is 13.9. The Morgan fingerprint density at radius 2 is 2.00 bits per heavy atom. The highest BCUT2D eigenvalue weighted by molar-refractivity contribution is 5.40. The Morgan fingerprint density at radius 1 is 1.26 bits per heavy atom. The molecule has 1 saturated carbocycles. The van der Waals surface area contributed by atoms with Gasteiger partial charge in [0.25, 0.3) is 0 Å². The molecule has 1 N–H and O–H groups in total. The minimum absolute atomic E-state index is 0.177. The van der Waals surface area contributed by atoms with E-state index >= 15 is 0 Å². The molecule has 2 rings (SSSR count). The van der Waals surface area contributed by atoms with Gasteiger partial charge in [0.2, 0.25) is 0 Å². The number of aliphatic hydroxyl groups is 1. The van der Waals surface area contributed by atoms with Crippen LogP contribution in [0, 0.1) is 23.6 Å². The molecule has 0 amide bonds.